The summed E-state index contributed by atoms with van der Waals surface area (Å²) < 4.78 is 0. The highest BCUT2D eigenvalue weighted by molar-refractivity contribution is 5.85. The topological polar surface area (TPSA) is 62.2 Å². The number of rotatable bonds is 5. The van der Waals surface area contributed by atoms with Crippen LogP contribution in [0.5, 0.6) is 0 Å². The van der Waals surface area contributed by atoms with E-state index in [4.69, 9.17) is 11.5 Å². The van der Waals surface area contributed by atoms with Crippen molar-refractivity contribution in [2.75, 3.05) is 6.54 Å². The normalized spacial score (nSPS) is 9.53. The molecular formula is C11H12N2O2. The highest BCUT2D eigenvalue weighted by atomic mass is 16.4. The molecule has 15 heavy (non-hydrogen) atoms. The van der Waals surface area contributed by atoms with E-state index >= 15 is 0 Å². The fourth-order valence-corrected chi connectivity index (χ4v) is 1.07. The molecule has 1 heterocycles. The van der Waals surface area contributed by atoms with Crippen LogP contribution in [0.2, 0.25) is 0 Å². The van der Waals surface area contributed by atoms with Gasteiger partial charge in [0.1, 0.15) is 5.69 Å². The van der Waals surface area contributed by atoms with Gasteiger partial charge in [-0.25, -0.2) is 9.78 Å². The maximum Gasteiger partial charge on any atom is 0.354 e. The molecule has 0 aliphatic rings. The maximum absolute atomic E-state index is 10.6. The molecule has 4 nitrogen and oxygen atoms in total. The number of terminal acetylenes is 1. The second-order valence-corrected chi connectivity index (χ2v) is 2.95. The van der Waals surface area contributed by atoms with Gasteiger partial charge in [0.05, 0.1) is 5.69 Å². The Kier molecular flexibility index (Phi) is 4.32. The number of hydrogen-bond donors (Lipinski definition) is 2. The fourth-order valence-electron chi connectivity index (χ4n) is 1.07. The molecule has 0 radical (unpaired) electrons. The lowest BCUT2D eigenvalue weighted by Crippen LogP contribution is -2.16. The molecule has 2 N–H and O–H groups in total. The van der Waals surface area contributed by atoms with Gasteiger partial charge in [0.15, 0.2) is 0 Å². The van der Waals surface area contributed by atoms with E-state index in [1.165, 1.54) is 6.07 Å². The Bertz CT molecular complexity index is 382. The van der Waals surface area contributed by atoms with Crippen LogP contribution in [-0.2, 0) is 6.54 Å². The third-order valence-corrected chi connectivity index (χ3v) is 1.78. The maximum atomic E-state index is 10.6. The van der Waals surface area contributed by atoms with Crippen LogP contribution in [0, 0.1) is 12.3 Å². The van der Waals surface area contributed by atoms with Crippen molar-refractivity contribution in [3.05, 3.63) is 29.6 Å². The highest BCUT2D eigenvalue weighted by Gasteiger charge is 2.04. The summed E-state index contributed by atoms with van der Waals surface area (Å²) in [5.74, 6) is 1.49. The van der Waals surface area contributed by atoms with E-state index in [1.807, 2.05) is 0 Å². The van der Waals surface area contributed by atoms with Crippen molar-refractivity contribution in [2.24, 2.45) is 0 Å². The number of nitrogens with zero attached hydrogens (tertiary/aromatic N) is 1. The summed E-state index contributed by atoms with van der Waals surface area (Å²) in [6.45, 7) is 1.23. The molecule has 0 unspecified atom stereocenters. The van der Waals surface area contributed by atoms with Gasteiger partial charge in [-0.2, -0.15) is 0 Å². The molecule has 1 aromatic heterocycles. The Morgan fingerprint density at radius 1 is 1.60 bits per heavy atom. The summed E-state index contributed by atoms with van der Waals surface area (Å²) in [5, 5.41) is 11.8. The molecule has 78 valence electrons. The lowest BCUT2D eigenvalue weighted by Gasteiger charge is -2.02. The Balaban J connectivity index is 2.51. The molecule has 0 saturated carbocycles. The molecule has 0 amide bonds. The summed E-state index contributed by atoms with van der Waals surface area (Å²) in [6.07, 6.45) is 5.74. The van der Waals surface area contributed by atoms with E-state index in [0.29, 0.717) is 25.2 Å². The third-order valence-electron chi connectivity index (χ3n) is 1.78. The Hall–Kier alpha value is -1.86. The number of nitrogens with one attached hydrogen (secondary N) is 1. The summed E-state index contributed by atoms with van der Waals surface area (Å²) >= 11 is 0. The summed E-state index contributed by atoms with van der Waals surface area (Å²) in [5.41, 5.74) is 0.762. The molecule has 1 rings (SSSR count). The zero-order valence-electron chi connectivity index (χ0n) is 8.23. The zero-order valence-corrected chi connectivity index (χ0v) is 8.23. The highest BCUT2D eigenvalue weighted by Crippen LogP contribution is 1.99. The standard InChI is InChI=1S/C11H12N2O2/c1-2-3-7-12-8-9-5-4-6-10(13-9)11(14)15/h1,4-6,12H,3,7-8H2,(H,14,15). The van der Waals surface area contributed by atoms with Crippen LogP contribution in [0.15, 0.2) is 18.2 Å². The van der Waals surface area contributed by atoms with Crippen LogP contribution in [0.4, 0.5) is 0 Å². The van der Waals surface area contributed by atoms with Gasteiger partial charge in [-0.3, -0.25) is 0 Å². The first kappa shape index (κ1) is 11.2. The molecule has 0 aliphatic heterocycles. The molecule has 0 saturated heterocycles. The molecule has 0 aromatic carbocycles. The average Bonchev–Trinajstić information content (AvgIpc) is 2.25. The van der Waals surface area contributed by atoms with Crippen molar-refractivity contribution < 1.29 is 9.90 Å². The third kappa shape index (κ3) is 3.79. The van der Waals surface area contributed by atoms with E-state index in [9.17, 15) is 4.79 Å². The van der Waals surface area contributed by atoms with Crippen LogP contribution >= 0.6 is 0 Å². The minimum absolute atomic E-state index is 0.0613. The molecule has 0 atom stereocenters. The van der Waals surface area contributed by atoms with E-state index in [0.717, 1.165) is 0 Å². The van der Waals surface area contributed by atoms with Crippen LogP contribution < -0.4 is 5.32 Å². The van der Waals surface area contributed by atoms with Crippen molar-refractivity contribution >= 4 is 5.97 Å². The fraction of sp³-hybridized carbons (Fsp3) is 0.273. The SMILES string of the molecule is C#CCCNCc1cccc(C(=O)O)n1. The van der Waals surface area contributed by atoms with Gasteiger partial charge in [0.25, 0.3) is 0 Å². The van der Waals surface area contributed by atoms with Gasteiger partial charge in [0, 0.05) is 19.5 Å². The van der Waals surface area contributed by atoms with Crippen molar-refractivity contribution in [1.82, 2.24) is 10.3 Å². The predicted molar refractivity (Wildman–Crippen MR) is 56.4 cm³/mol. The van der Waals surface area contributed by atoms with Crippen molar-refractivity contribution in [2.45, 2.75) is 13.0 Å². The quantitative estimate of drug-likeness (QED) is 0.552. The number of carboxylic acid groups (broad SMARTS) is 1. The van der Waals surface area contributed by atoms with Crippen molar-refractivity contribution in [1.29, 1.82) is 0 Å². The number of carbonyl (C=O) groups is 1. The number of hydrogen-bond acceptors (Lipinski definition) is 3. The second-order valence-electron chi connectivity index (χ2n) is 2.95. The van der Waals surface area contributed by atoms with Gasteiger partial charge >= 0.3 is 5.97 Å². The van der Waals surface area contributed by atoms with E-state index in [2.05, 4.69) is 16.2 Å². The van der Waals surface area contributed by atoms with E-state index < -0.39 is 5.97 Å². The average molecular weight is 204 g/mol. The van der Waals surface area contributed by atoms with Crippen LogP contribution in [0.3, 0.4) is 0 Å². The lowest BCUT2D eigenvalue weighted by atomic mass is 10.3. The number of carboxylic acids is 1. The molecule has 1 aromatic rings. The Morgan fingerprint density at radius 3 is 3.07 bits per heavy atom. The Labute approximate surface area is 88.3 Å². The summed E-state index contributed by atoms with van der Waals surface area (Å²) in [6, 6.07) is 4.91. The van der Waals surface area contributed by atoms with Gasteiger partial charge in [-0.05, 0) is 12.1 Å². The lowest BCUT2D eigenvalue weighted by molar-refractivity contribution is 0.0690. The molecule has 0 spiro atoms. The molecule has 0 fully saturated rings. The van der Waals surface area contributed by atoms with Crippen LogP contribution in [0.25, 0.3) is 0 Å². The minimum atomic E-state index is -1.01. The first-order valence-corrected chi connectivity index (χ1v) is 4.57. The molecule has 0 aliphatic carbocycles. The predicted octanol–water partition coefficient (Wildman–Crippen LogP) is 0.893. The minimum Gasteiger partial charge on any atom is -0.477 e. The van der Waals surface area contributed by atoms with Crippen molar-refractivity contribution in [3.8, 4) is 12.3 Å². The van der Waals surface area contributed by atoms with Gasteiger partial charge in [-0.15, -0.1) is 12.3 Å². The van der Waals surface area contributed by atoms with Gasteiger partial charge in [-0.1, -0.05) is 6.07 Å². The smallest absolute Gasteiger partial charge is 0.354 e. The summed E-state index contributed by atoms with van der Waals surface area (Å²) in [4.78, 5) is 14.6. The molecule has 0 bridgehead atoms. The van der Waals surface area contributed by atoms with Gasteiger partial charge in [0.2, 0.25) is 0 Å². The molecular weight excluding hydrogens is 192 g/mol. The monoisotopic (exact) mass is 204 g/mol. The zero-order chi connectivity index (χ0) is 11.1. The van der Waals surface area contributed by atoms with E-state index in [1.54, 1.807) is 12.1 Å². The number of pyridine rings is 1. The largest absolute Gasteiger partial charge is 0.477 e. The molecule has 4 heteroatoms. The first-order chi connectivity index (χ1) is 7.24. The van der Waals surface area contributed by atoms with Gasteiger partial charge < -0.3 is 10.4 Å². The Morgan fingerprint density at radius 2 is 2.40 bits per heavy atom. The van der Waals surface area contributed by atoms with Crippen LogP contribution in [-0.4, -0.2) is 22.6 Å². The number of aromatic nitrogens is 1. The van der Waals surface area contributed by atoms with Crippen molar-refractivity contribution in [3.63, 3.8) is 0 Å². The summed E-state index contributed by atoms with van der Waals surface area (Å²) in [7, 11) is 0. The second kappa shape index (κ2) is 5.78. The first-order valence-electron chi connectivity index (χ1n) is 4.57. The van der Waals surface area contributed by atoms with E-state index in [-0.39, 0.29) is 5.69 Å². The number of aromatic carboxylic acids is 1. The van der Waals surface area contributed by atoms with Crippen LogP contribution in [0.1, 0.15) is 22.6 Å².